The molecule has 2 rings (SSSR count). The molecule has 8 heteroatoms. The average Bonchev–Trinajstić information content (AvgIpc) is 2.71. The second-order valence-electron chi connectivity index (χ2n) is 5.90. The molecule has 3 N–H and O–H groups in total. The van der Waals surface area contributed by atoms with Crippen molar-refractivity contribution >= 4 is 11.8 Å². The van der Waals surface area contributed by atoms with Gasteiger partial charge < -0.3 is 29.2 Å². The number of carbonyl (C=O) groups is 1. The van der Waals surface area contributed by atoms with E-state index in [0.29, 0.717) is 22.7 Å². The molecular weight excluding hydrogens is 366 g/mol. The highest BCUT2D eigenvalue weighted by Crippen LogP contribution is 2.33. The second-order valence-corrected chi connectivity index (χ2v) is 5.90. The van der Waals surface area contributed by atoms with Gasteiger partial charge in [0, 0.05) is 25.8 Å². The van der Waals surface area contributed by atoms with Crippen LogP contribution in [0.25, 0.3) is 0 Å². The van der Waals surface area contributed by atoms with Crippen LogP contribution >= 0.6 is 0 Å². The lowest BCUT2D eigenvalue weighted by atomic mass is 10.0. The zero-order valence-electron chi connectivity index (χ0n) is 16.0. The van der Waals surface area contributed by atoms with Crippen LogP contribution in [0.3, 0.4) is 0 Å². The number of hydrogen-bond donors (Lipinski definition) is 3. The normalized spacial score (nSPS) is 12.7. The third-order valence-electron chi connectivity index (χ3n) is 4.16. The SMILES string of the molecule is COc1ccc(NC(=O)O[C@H](c2ccc(OC)c(O)c2)[C@@H](CCO)OC)cc1. The molecule has 0 aromatic heterocycles. The molecule has 0 saturated heterocycles. The van der Waals surface area contributed by atoms with Crippen LogP contribution in [-0.2, 0) is 9.47 Å². The molecule has 0 heterocycles. The summed E-state index contributed by atoms with van der Waals surface area (Å²) in [5.41, 5.74) is 1.03. The minimum Gasteiger partial charge on any atom is -0.504 e. The van der Waals surface area contributed by atoms with Crippen LogP contribution in [0, 0.1) is 0 Å². The minimum absolute atomic E-state index is 0.0944. The quantitative estimate of drug-likeness (QED) is 0.603. The maximum absolute atomic E-state index is 12.4. The van der Waals surface area contributed by atoms with Crippen LogP contribution in [0.5, 0.6) is 17.2 Å². The summed E-state index contributed by atoms with van der Waals surface area (Å²) in [5.74, 6) is 0.859. The number of aliphatic hydroxyl groups is 1. The van der Waals surface area contributed by atoms with Gasteiger partial charge in [0.2, 0.25) is 0 Å². The zero-order chi connectivity index (χ0) is 20.5. The van der Waals surface area contributed by atoms with E-state index in [9.17, 15) is 15.0 Å². The number of amides is 1. The highest BCUT2D eigenvalue weighted by atomic mass is 16.6. The van der Waals surface area contributed by atoms with Gasteiger partial charge >= 0.3 is 6.09 Å². The molecule has 1 amide bonds. The Hall–Kier alpha value is -2.97. The van der Waals surface area contributed by atoms with Crippen LogP contribution in [-0.4, -0.2) is 50.3 Å². The number of rotatable bonds is 9. The van der Waals surface area contributed by atoms with Crippen LogP contribution in [0.1, 0.15) is 18.1 Å². The van der Waals surface area contributed by atoms with E-state index in [1.807, 2.05) is 0 Å². The molecule has 0 aliphatic rings. The summed E-state index contributed by atoms with van der Waals surface area (Å²) in [4.78, 5) is 12.4. The number of phenolic OH excluding ortho intramolecular Hbond substituents is 1. The number of ether oxygens (including phenoxy) is 4. The lowest BCUT2D eigenvalue weighted by molar-refractivity contribution is -0.0306. The van der Waals surface area contributed by atoms with Crippen LogP contribution in [0.15, 0.2) is 42.5 Å². The fourth-order valence-corrected chi connectivity index (χ4v) is 2.70. The van der Waals surface area contributed by atoms with Gasteiger partial charge in [-0.15, -0.1) is 0 Å². The van der Waals surface area contributed by atoms with Crippen molar-refractivity contribution in [2.24, 2.45) is 0 Å². The van der Waals surface area contributed by atoms with E-state index in [4.69, 9.17) is 18.9 Å². The Morgan fingerprint density at radius 2 is 1.79 bits per heavy atom. The molecule has 0 unspecified atom stereocenters. The van der Waals surface area contributed by atoms with E-state index in [1.54, 1.807) is 43.5 Å². The average molecular weight is 391 g/mol. The monoisotopic (exact) mass is 391 g/mol. The smallest absolute Gasteiger partial charge is 0.412 e. The van der Waals surface area contributed by atoms with Crippen molar-refractivity contribution in [2.45, 2.75) is 18.6 Å². The number of aromatic hydroxyl groups is 1. The molecule has 0 aliphatic carbocycles. The number of anilines is 1. The second kappa shape index (κ2) is 10.4. The molecular formula is C20H25NO7. The standard InChI is InChI=1S/C20H25NO7/c1-25-15-7-5-14(6-8-15)21-20(24)28-19(18(27-3)10-11-22)13-4-9-17(26-2)16(23)12-13/h4-9,12,18-19,22-23H,10-11H2,1-3H3,(H,21,24)/t18-,19-/m1/s1. The van der Waals surface area contributed by atoms with E-state index in [1.165, 1.54) is 20.3 Å². The molecule has 8 nitrogen and oxygen atoms in total. The summed E-state index contributed by atoms with van der Waals surface area (Å²) >= 11 is 0. The van der Waals surface area contributed by atoms with Gasteiger partial charge in [-0.25, -0.2) is 4.79 Å². The van der Waals surface area contributed by atoms with Crippen molar-refractivity contribution < 1.29 is 34.0 Å². The Morgan fingerprint density at radius 1 is 1.07 bits per heavy atom. The molecule has 0 radical (unpaired) electrons. The van der Waals surface area contributed by atoms with Gasteiger partial charge in [0.15, 0.2) is 17.6 Å². The maximum Gasteiger partial charge on any atom is 0.412 e. The number of nitrogens with one attached hydrogen (secondary N) is 1. The number of methoxy groups -OCH3 is 3. The minimum atomic E-state index is -0.854. The summed E-state index contributed by atoms with van der Waals surface area (Å²) in [6, 6.07) is 11.4. The number of carbonyl (C=O) groups excluding carboxylic acids is 1. The van der Waals surface area contributed by atoms with Gasteiger partial charge in [-0.2, -0.15) is 0 Å². The first-order valence-corrected chi connectivity index (χ1v) is 8.64. The van der Waals surface area contributed by atoms with Crippen molar-refractivity contribution in [3.63, 3.8) is 0 Å². The van der Waals surface area contributed by atoms with Gasteiger partial charge in [-0.1, -0.05) is 6.07 Å². The van der Waals surface area contributed by atoms with Crippen LogP contribution in [0.4, 0.5) is 10.5 Å². The van der Waals surface area contributed by atoms with E-state index in [0.717, 1.165) is 0 Å². The molecule has 2 atom stereocenters. The highest BCUT2D eigenvalue weighted by Gasteiger charge is 2.28. The van der Waals surface area contributed by atoms with Gasteiger partial charge in [-0.05, 0) is 42.0 Å². The van der Waals surface area contributed by atoms with E-state index >= 15 is 0 Å². The van der Waals surface area contributed by atoms with Crippen molar-refractivity contribution in [1.29, 1.82) is 0 Å². The molecule has 0 spiro atoms. The summed E-state index contributed by atoms with van der Waals surface area (Å²) in [5, 5.41) is 22.0. The Morgan fingerprint density at radius 3 is 2.32 bits per heavy atom. The van der Waals surface area contributed by atoms with E-state index in [2.05, 4.69) is 5.32 Å². The van der Waals surface area contributed by atoms with Crippen LogP contribution in [0.2, 0.25) is 0 Å². The molecule has 2 aromatic carbocycles. The molecule has 0 aliphatic heterocycles. The summed E-state index contributed by atoms with van der Waals surface area (Å²) in [7, 11) is 4.45. The number of benzene rings is 2. The van der Waals surface area contributed by atoms with E-state index < -0.39 is 18.3 Å². The first-order chi connectivity index (χ1) is 13.5. The van der Waals surface area contributed by atoms with Crippen molar-refractivity contribution in [3.8, 4) is 17.2 Å². The lowest BCUT2D eigenvalue weighted by Crippen LogP contribution is -2.28. The molecule has 28 heavy (non-hydrogen) atoms. The highest BCUT2D eigenvalue weighted by molar-refractivity contribution is 5.84. The third-order valence-corrected chi connectivity index (χ3v) is 4.16. The van der Waals surface area contributed by atoms with Crippen molar-refractivity contribution in [1.82, 2.24) is 0 Å². The molecule has 2 aromatic rings. The van der Waals surface area contributed by atoms with Crippen LogP contribution < -0.4 is 14.8 Å². The molecule has 0 saturated carbocycles. The van der Waals surface area contributed by atoms with Gasteiger partial charge in [0.05, 0.1) is 14.2 Å². The topological polar surface area (TPSA) is 106 Å². The third kappa shape index (κ3) is 5.51. The molecule has 152 valence electrons. The summed E-state index contributed by atoms with van der Waals surface area (Å²) in [6.07, 6.45) is -1.93. The predicted molar refractivity (Wildman–Crippen MR) is 103 cm³/mol. The molecule has 0 fully saturated rings. The first kappa shape index (κ1) is 21.3. The van der Waals surface area contributed by atoms with Gasteiger partial charge in [-0.3, -0.25) is 5.32 Å². The van der Waals surface area contributed by atoms with Gasteiger partial charge in [0.25, 0.3) is 0 Å². The lowest BCUT2D eigenvalue weighted by Gasteiger charge is -2.26. The summed E-state index contributed by atoms with van der Waals surface area (Å²) < 4.78 is 21.1. The maximum atomic E-state index is 12.4. The predicted octanol–water partition coefficient (Wildman–Crippen LogP) is 3.10. The first-order valence-electron chi connectivity index (χ1n) is 8.64. The largest absolute Gasteiger partial charge is 0.504 e. The Labute approximate surface area is 163 Å². The number of phenols is 1. The fourth-order valence-electron chi connectivity index (χ4n) is 2.70. The summed E-state index contributed by atoms with van der Waals surface area (Å²) in [6.45, 7) is -0.152. The zero-order valence-corrected chi connectivity index (χ0v) is 16.0. The Balaban J connectivity index is 2.20. The van der Waals surface area contributed by atoms with Gasteiger partial charge in [0.1, 0.15) is 11.9 Å². The number of hydrogen-bond acceptors (Lipinski definition) is 7. The number of aliphatic hydroxyl groups excluding tert-OH is 1. The Kier molecular flexibility index (Phi) is 7.91. The van der Waals surface area contributed by atoms with E-state index in [-0.39, 0.29) is 18.8 Å². The fraction of sp³-hybridized carbons (Fsp3) is 0.350. The Bertz CT molecular complexity index is 764. The molecule has 0 bridgehead atoms. The van der Waals surface area contributed by atoms with Crippen molar-refractivity contribution in [3.05, 3.63) is 48.0 Å². The van der Waals surface area contributed by atoms with Crippen molar-refractivity contribution in [2.75, 3.05) is 33.3 Å².